The van der Waals surface area contributed by atoms with E-state index in [9.17, 15) is 4.79 Å². The lowest BCUT2D eigenvalue weighted by Gasteiger charge is -2.22. The maximum atomic E-state index is 12.5. The lowest BCUT2D eigenvalue weighted by Crippen LogP contribution is -2.06. The highest BCUT2D eigenvalue weighted by Crippen LogP contribution is 2.33. The van der Waals surface area contributed by atoms with Gasteiger partial charge in [0.15, 0.2) is 10.1 Å². The van der Waals surface area contributed by atoms with Crippen LogP contribution in [0, 0.1) is 0 Å². The molecule has 3 nitrogen and oxygen atoms in total. The van der Waals surface area contributed by atoms with Gasteiger partial charge < -0.3 is 5.73 Å². The van der Waals surface area contributed by atoms with Gasteiger partial charge in [-0.2, -0.15) is 0 Å². The van der Waals surface area contributed by atoms with Gasteiger partial charge in [-0.3, -0.25) is 4.79 Å². The highest BCUT2D eigenvalue weighted by molar-refractivity contribution is 8.01. The molecule has 0 bridgehead atoms. The number of rotatable bonds is 5. The van der Waals surface area contributed by atoms with Gasteiger partial charge in [-0.05, 0) is 42.5 Å². The van der Waals surface area contributed by atoms with E-state index in [0.29, 0.717) is 11.7 Å². The highest BCUT2D eigenvalue weighted by atomic mass is 32.2. The molecule has 0 saturated heterocycles. The summed E-state index contributed by atoms with van der Waals surface area (Å²) in [6.45, 7) is 0. The Morgan fingerprint density at radius 3 is 2.65 bits per heavy atom. The van der Waals surface area contributed by atoms with Crippen LogP contribution in [0.25, 0.3) is 10.2 Å². The predicted molar refractivity (Wildman–Crippen MR) is 111 cm³/mol. The van der Waals surface area contributed by atoms with Crippen molar-refractivity contribution in [1.29, 1.82) is 0 Å². The molecule has 1 aliphatic carbocycles. The fraction of sp³-hybridized carbons (Fsp3) is 0.333. The number of carbonyl (C=O) groups excluding carboxylic acids is 1. The molecule has 1 heterocycles. The summed E-state index contributed by atoms with van der Waals surface area (Å²) in [5.74, 6) is 1.25. The third-order valence-corrected chi connectivity index (χ3v) is 7.19. The summed E-state index contributed by atoms with van der Waals surface area (Å²) < 4.78 is 1.98. The van der Waals surface area contributed by atoms with E-state index in [1.54, 1.807) is 11.3 Å². The maximum Gasteiger partial charge on any atom is 0.173 e. The summed E-state index contributed by atoms with van der Waals surface area (Å²) in [4.78, 5) is 17.1. The maximum absolute atomic E-state index is 12.5. The molecule has 1 aliphatic rings. The van der Waals surface area contributed by atoms with Crippen LogP contribution < -0.4 is 5.73 Å². The normalized spacial score (nSPS) is 15.4. The van der Waals surface area contributed by atoms with Crippen LogP contribution in [0.2, 0.25) is 0 Å². The second-order valence-corrected chi connectivity index (χ2v) is 9.13. The molecule has 2 aromatic carbocycles. The highest BCUT2D eigenvalue weighted by Gasteiger charge is 2.16. The van der Waals surface area contributed by atoms with Gasteiger partial charge in [-0.1, -0.05) is 55.3 Å². The SMILES string of the molecule is Nc1ccc2nc(SCC(=O)c3ccc(C4CCCCC4)cc3)sc2c1. The molecule has 0 radical (unpaired) electrons. The topological polar surface area (TPSA) is 56.0 Å². The Hall–Kier alpha value is -1.85. The number of nitrogen functional groups attached to an aromatic ring is 1. The number of anilines is 1. The molecule has 4 rings (SSSR count). The average molecular weight is 383 g/mol. The zero-order chi connectivity index (χ0) is 17.9. The second-order valence-electron chi connectivity index (χ2n) is 6.88. The van der Waals surface area contributed by atoms with Crippen molar-refractivity contribution in [2.24, 2.45) is 0 Å². The minimum absolute atomic E-state index is 0.156. The molecule has 1 fully saturated rings. The molecule has 1 saturated carbocycles. The van der Waals surface area contributed by atoms with Gasteiger partial charge in [0.05, 0.1) is 16.0 Å². The van der Waals surface area contributed by atoms with Crippen LogP contribution in [-0.4, -0.2) is 16.5 Å². The molecular weight excluding hydrogens is 360 g/mol. The summed E-state index contributed by atoms with van der Waals surface area (Å²) in [7, 11) is 0. The number of benzene rings is 2. The van der Waals surface area contributed by atoms with Crippen molar-refractivity contribution in [3.8, 4) is 0 Å². The number of hydrogen-bond acceptors (Lipinski definition) is 5. The van der Waals surface area contributed by atoms with Crippen molar-refractivity contribution >= 4 is 44.8 Å². The van der Waals surface area contributed by atoms with Crippen LogP contribution in [-0.2, 0) is 0 Å². The molecule has 0 spiro atoms. The molecule has 134 valence electrons. The first-order valence-corrected chi connectivity index (χ1v) is 10.9. The summed E-state index contributed by atoms with van der Waals surface area (Å²) in [5, 5.41) is 0. The van der Waals surface area contributed by atoms with Crippen LogP contribution in [0.3, 0.4) is 0 Å². The number of Topliss-reactive ketones (excluding diaryl/α,β-unsaturated/α-hetero) is 1. The Morgan fingerprint density at radius 2 is 1.88 bits per heavy atom. The van der Waals surface area contributed by atoms with Crippen LogP contribution in [0.1, 0.15) is 53.9 Å². The molecule has 5 heteroatoms. The molecule has 0 unspecified atom stereocenters. The van der Waals surface area contributed by atoms with Crippen molar-refractivity contribution in [3.63, 3.8) is 0 Å². The minimum atomic E-state index is 0.156. The van der Waals surface area contributed by atoms with Crippen LogP contribution in [0.4, 0.5) is 5.69 Å². The van der Waals surface area contributed by atoms with Crippen molar-refractivity contribution in [3.05, 3.63) is 53.6 Å². The smallest absolute Gasteiger partial charge is 0.173 e. The number of hydrogen-bond donors (Lipinski definition) is 1. The quantitative estimate of drug-likeness (QED) is 0.339. The largest absolute Gasteiger partial charge is 0.399 e. The van der Waals surface area contributed by atoms with Crippen molar-refractivity contribution in [2.45, 2.75) is 42.4 Å². The lowest BCUT2D eigenvalue weighted by molar-refractivity contribution is 0.102. The van der Waals surface area contributed by atoms with Gasteiger partial charge in [-0.25, -0.2) is 4.98 Å². The Morgan fingerprint density at radius 1 is 1.12 bits per heavy atom. The zero-order valence-corrected chi connectivity index (χ0v) is 16.2. The summed E-state index contributed by atoms with van der Waals surface area (Å²) >= 11 is 3.09. The van der Waals surface area contributed by atoms with E-state index in [1.807, 2.05) is 30.3 Å². The van der Waals surface area contributed by atoms with Gasteiger partial charge in [0.1, 0.15) is 0 Å². The summed E-state index contributed by atoms with van der Waals surface area (Å²) in [6, 6.07) is 14.0. The monoisotopic (exact) mass is 382 g/mol. The van der Waals surface area contributed by atoms with E-state index in [-0.39, 0.29) is 5.78 Å². The van der Waals surface area contributed by atoms with Crippen LogP contribution in [0.5, 0.6) is 0 Å². The number of nitrogens with zero attached hydrogens (tertiary/aromatic N) is 1. The van der Waals surface area contributed by atoms with E-state index in [4.69, 9.17) is 5.73 Å². The summed E-state index contributed by atoms with van der Waals surface area (Å²) in [6.07, 6.45) is 6.59. The zero-order valence-electron chi connectivity index (χ0n) is 14.6. The van der Waals surface area contributed by atoms with E-state index >= 15 is 0 Å². The fourth-order valence-corrected chi connectivity index (χ4v) is 5.58. The standard InChI is InChI=1S/C21H22N2OS2/c22-17-10-11-18-20(12-17)26-21(23-18)25-13-19(24)16-8-6-15(7-9-16)14-4-2-1-3-5-14/h6-12,14H,1-5,13,22H2. The van der Waals surface area contributed by atoms with E-state index < -0.39 is 0 Å². The van der Waals surface area contributed by atoms with Gasteiger partial charge in [-0.15, -0.1) is 11.3 Å². The number of carbonyl (C=O) groups is 1. The third kappa shape index (κ3) is 3.94. The van der Waals surface area contributed by atoms with Gasteiger partial charge in [0.25, 0.3) is 0 Å². The molecular formula is C21H22N2OS2. The molecule has 0 amide bonds. The average Bonchev–Trinajstić information content (AvgIpc) is 3.09. The lowest BCUT2D eigenvalue weighted by atomic mass is 9.84. The number of aromatic nitrogens is 1. The van der Waals surface area contributed by atoms with Gasteiger partial charge in [0.2, 0.25) is 0 Å². The fourth-order valence-electron chi connectivity index (χ4n) is 3.57. The van der Waals surface area contributed by atoms with Crippen LogP contribution in [0.15, 0.2) is 46.8 Å². The Balaban J connectivity index is 1.39. The minimum Gasteiger partial charge on any atom is -0.399 e. The summed E-state index contributed by atoms with van der Waals surface area (Å²) in [5.41, 5.74) is 9.68. The molecule has 26 heavy (non-hydrogen) atoms. The van der Waals surface area contributed by atoms with Crippen molar-refractivity contribution in [2.75, 3.05) is 11.5 Å². The first kappa shape index (κ1) is 17.6. The Labute approximate surface area is 162 Å². The van der Waals surface area contributed by atoms with Gasteiger partial charge in [0, 0.05) is 11.3 Å². The third-order valence-electron chi connectivity index (χ3n) is 5.03. The van der Waals surface area contributed by atoms with Gasteiger partial charge >= 0.3 is 0 Å². The predicted octanol–water partition coefficient (Wildman–Crippen LogP) is 5.90. The molecule has 3 aromatic rings. The molecule has 0 atom stereocenters. The van der Waals surface area contributed by atoms with E-state index in [2.05, 4.69) is 17.1 Å². The molecule has 1 aromatic heterocycles. The van der Waals surface area contributed by atoms with Crippen LogP contribution >= 0.6 is 23.1 Å². The number of ketones is 1. The molecule has 0 aliphatic heterocycles. The number of fused-ring (bicyclic) bond motifs is 1. The number of thiazole rings is 1. The van der Waals surface area contributed by atoms with Crippen molar-refractivity contribution in [1.82, 2.24) is 4.98 Å². The number of nitrogens with two attached hydrogens (primary N) is 1. The number of thioether (sulfide) groups is 1. The first-order valence-electron chi connectivity index (χ1n) is 9.11. The first-order chi connectivity index (χ1) is 12.7. The van der Waals surface area contributed by atoms with E-state index in [1.165, 1.54) is 49.4 Å². The molecule has 2 N–H and O–H groups in total. The van der Waals surface area contributed by atoms with Crippen molar-refractivity contribution < 1.29 is 4.79 Å². The second kappa shape index (κ2) is 7.80. The Kier molecular flexibility index (Phi) is 5.27. The Bertz CT molecular complexity index is 911. The van der Waals surface area contributed by atoms with E-state index in [0.717, 1.165) is 25.8 Å².